The Hall–Kier alpha value is -2.15. The molecule has 0 aliphatic carbocycles. The highest BCUT2D eigenvalue weighted by molar-refractivity contribution is 6.31. The van der Waals surface area contributed by atoms with Crippen LogP contribution in [0.1, 0.15) is 12.8 Å². The molecule has 2 aromatic rings. The molecule has 0 radical (unpaired) electrons. The summed E-state index contributed by atoms with van der Waals surface area (Å²) in [7, 11) is 0. The highest BCUT2D eigenvalue weighted by Gasteiger charge is 2.30. The third-order valence-corrected chi connectivity index (χ3v) is 4.60. The molecule has 0 spiro atoms. The first-order valence-electron chi connectivity index (χ1n) is 7.93. The van der Waals surface area contributed by atoms with Gasteiger partial charge in [-0.1, -0.05) is 23.2 Å². The molecule has 1 atom stereocenters. The number of amides is 1. The molecule has 0 saturated carbocycles. The van der Waals surface area contributed by atoms with Gasteiger partial charge in [-0.15, -0.1) is 5.53 Å². The number of nitrogens with two attached hydrogens (primary N) is 1. The fourth-order valence-corrected chi connectivity index (χ4v) is 3.16. The molecule has 2 aromatic carbocycles. The summed E-state index contributed by atoms with van der Waals surface area (Å²) in [5.74, 6) is -0.124. The number of rotatable bonds is 5. The Bertz CT molecular complexity index is 753. The first-order valence-corrected chi connectivity index (χ1v) is 8.68. The molecule has 1 saturated heterocycles. The Kier molecular flexibility index (Phi) is 5.53. The maximum Gasteiger partial charge on any atom is 0.258 e. The fraction of sp³-hybridized carbons (Fsp3) is 0.235. The Balaban J connectivity index is 1.58. The Morgan fingerprint density at radius 3 is 2.60 bits per heavy atom. The molecule has 1 fully saturated rings. The van der Waals surface area contributed by atoms with Crippen LogP contribution in [0.5, 0.6) is 0 Å². The van der Waals surface area contributed by atoms with Crippen molar-refractivity contribution in [3.05, 3.63) is 52.5 Å². The van der Waals surface area contributed by atoms with Crippen LogP contribution >= 0.6 is 23.2 Å². The van der Waals surface area contributed by atoms with Gasteiger partial charge >= 0.3 is 0 Å². The number of carbonyl (C=O) groups is 1. The number of hydrogen-bond donors (Lipinski definition) is 4. The van der Waals surface area contributed by atoms with E-state index in [0.29, 0.717) is 21.4 Å². The number of benzene rings is 2. The quantitative estimate of drug-likeness (QED) is 0.473. The predicted molar refractivity (Wildman–Crippen MR) is 103 cm³/mol. The van der Waals surface area contributed by atoms with Crippen molar-refractivity contribution in [3.8, 4) is 0 Å². The lowest BCUT2D eigenvalue weighted by atomic mass is 10.2. The number of nitrogen functional groups attached to an aromatic ring is 1. The van der Waals surface area contributed by atoms with E-state index < -0.39 is 0 Å². The highest BCUT2D eigenvalue weighted by atomic mass is 35.5. The third-order valence-electron chi connectivity index (χ3n) is 4.11. The average molecular weight is 380 g/mol. The van der Waals surface area contributed by atoms with E-state index in [4.69, 9.17) is 28.9 Å². The molecule has 1 aliphatic rings. The minimum Gasteiger partial charge on any atom is -0.397 e. The van der Waals surface area contributed by atoms with Crippen LogP contribution in [0.4, 0.5) is 17.1 Å². The Morgan fingerprint density at radius 2 is 1.84 bits per heavy atom. The van der Waals surface area contributed by atoms with E-state index in [-0.39, 0.29) is 11.9 Å². The van der Waals surface area contributed by atoms with Gasteiger partial charge in [-0.25, -0.2) is 0 Å². The molecule has 1 heterocycles. The maximum absolute atomic E-state index is 12.5. The number of anilines is 3. The number of hydrazine groups is 2. The topological polar surface area (TPSA) is 82.4 Å². The van der Waals surface area contributed by atoms with Crippen molar-refractivity contribution in [2.24, 2.45) is 0 Å². The number of nitrogens with one attached hydrogen (secondary N) is 3. The summed E-state index contributed by atoms with van der Waals surface area (Å²) in [6.07, 6.45) is 1.74. The van der Waals surface area contributed by atoms with Crippen molar-refractivity contribution in [1.82, 2.24) is 11.0 Å². The second kappa shape index (κ2) is 7.82. The predicted octanol–water partition coefficient (Wildman–Crippen LogP) is 3.19. The molecule has 1 amide bonds. The van der Waals surface area contributed by atoms with E-state index in [1.165, 1.54) is 0 Å². The van der Waals surface area contributed by atoms with Crippen LogP contribution in [0, 0.1) is 0 Å². The number of halogens is 2. The van der Waals surface area contributed by atoms with Crippen LogP contribution in [0.2, 0.25) is 10.0 Å². The van der Waals surface area contributed by atoms with Gasteiger partial charge in [0.15, 0.2) is 0 Å². The van der Waals surface area contributed by atoms with Crippen LogP contribution in [0.15, 0.2) is 42.5 Å². The summed E-state index contributed by atoms with van der Waals surface area (Å²) in [6.45, 7) is 0.828. The van der Waals surface area contributed by atoms with Gasteiger partial charge in [-0.3, -0.25) is 10.2 Å². The zero-order chi connectivity index (χ0) is 17.8. The second-order valence-corrected chi connectivity index (χ2v) is 6.67. The van der Waals surface area contributed by atoms with Gasteiger partial charge in [0, 0.05) is 22.3 Å². The normalized spacial score (nSPS) is 16.7. The van der Waals surface area contributed by atoms with Gasteiger partial charge in [-0.2, -0.15) is 0 Å². The molecule has 132 valence electrons. The standard InChI is InChI=1S/C17H19Cl2N5O/c18-11-3-6-13(7-4-11)24-9-1-2-16(24)17(25)22-23-21-15-10-12(19)5-8-14(15)20/h3-8,10,16,21,23H,1-2,9,20H2,(H,22,25)/t16-/m0/s1. The largest absolute Gasteiger partial charge is 0.397 e. The first kappa shape index (κ1) is 17.7. The van der Waals surface area contributed by atoms with Crippen molar-refractivity contribution in [2.45, 2.75) is 18.9 Å². The van der Waals surface area contributed by atoms with Crippen LogP contribution in [0.3, 0.4) is 0 Å². The fourth-order valence-electron chi connectivity index (χ4n) is 2.86. The van der Waals surface area contributed by atoms with Gasteiger partial charge in [-0.05, 0) is 55.3 Å². The Labute approximate surface area is 156 Å². The van der Waals surface area contributed by atoms with Gasteiger partial charge < -0.3 is 16.1 Å². The average Bonchev–Trinajstić information content (AvgIpc) is 3.08. The third kappa shape index (κ3) is 4.28. The molecular weight excluding hydrogens is 361 g/mol. The van der Waals surface area contributed by atoms with Crippen LogP contribution < -0.4 is 27.0 Å². The number of carbonyl (C=O) groups excluding carboxylic acids is 1. The minimum atomic E-state index is -0.243. The van der Waals surface area contributed by atoms with Gasteiger partial charge in [0.05, 0.1) is 11.4 Å². The summed E-state index contributed by atoms with van der Waals surface area (Å²) >= 11 is 11.9. The lowest BCUT2D eigenvalue weighted by Crippen LogP contribution is -2.50. The molecule has 8 heteroatoms. The molecule has 1 aliphatic heterocycles. The minimum absolute atomic E-state index is 0.124. The molecule has 0 bridgehead atoms. The zero-order valence-electron chi connectivity index (χ0n) is 13.4. The summed E-state index contributed by atoms with van der Waals surface area (Å²) < 4.78 is 0. The molecule has 6 nitrogen and oxygen atoms in total. The van der Waals surface area contributed by atoms with E-state index >= 15 is 0 Å². The molecule has 5 N–H and O–H groups in total. The molecular formula is C17H19Cl2N5O. The maximum atomic E-state index is 12.5. The first-order chi connectivity index (χ1) is 12.0. The monoisotopic (exact) mass is 379 g/mol. The van der Waals surface area contributed by atoms with E-state index in [2.05, 4.69) is 21.3 Å². The van der Waals surface area contributed by atoms with Gasteiger partial charge in [0.1, 0.15) is 6.04 Å². The van der Waals surface area contributed by atoms with Gasteiger partial charge in [0.2, 0.25) is 0 Å². The Morgan fingerprint density at radius 1 is 1.12 bits per heavy atom. The SMILES string of the molecule is Nc1ccc(Cl)cc1NNNC(=O)[C@@H]1CCCN1c1ccc(Cl)cc1. The molecule has 3 rings (SSSR count). The van der Waals surface area contributed by atoms with E-state index in [0.717, 1.165) is 25.1 Å². The van der Waals surface area contributed by atoms with Crippen molar-refractivity contribution in [1.29, 1.82) is 0 Å². The van der Waals surface area contributed by atoms with Crippen molar-refractivity contribution in [3.63, 3.8) is 0 Å². The smallest absolute Gasteiger partial charge is 0.258 e. The van der Waals surface area contributed by atoms with Crippen molar-refractivity contribution < 1.29 is 4.79 Å². The zero-order valence-corrected chi connectivity index (χ0v) is 14.9. The lowest BCUT2D eigenvalue weighted by molar-refractivity contribution is -0.123. The van der Waals surface area contributed by atoms with E-state index in [1.807, 2.05) is 24.3 Å². The molecule has 0 aromatic heterocycles. The number of hydrogen-bond acceptors (Lipinski definition) is 5. The summed E-state index contributed by atoms with van der Waals surface area (Å²) in [5.41, 5.74) is 16.1. The van der Waals surface area contributed by atoms with Gasteiger partial charge in [0.25, 0.3) is 5.91 Å². The van der Waals surface area contributed by atoms with Crippen molar-refractivity contribution >= 4 is 46.2 Å². The van der Waals surface area contributed by atoms with E-state index in [9.17, 15) is 4.79 Å². The van der Waals surface area contributed by atoms with Crippen LogP contribution in [-0.4, -0.2) is 18.5 Å². The van der Waals surface area contributed by atoms with Crippen molar-refractivity contribution in [2.75, 3.05) is 22.6 Å². The summed E-state index contributed by atoms with van der Waals surface area (Å²) in [6, 6.07) is 12.3. The molecule has 25 heavy (non-hydrogen) atoms. The second-order valence-electron chi connectivity index (χ2n) is 5.80. The lowest BCUT2D eigenvalue weighted by Gasteiger charge is -2.26. The van der Waals surface area contributed by atoms with Crippen LogP contribution in [0.25, 0.3) is 0 Å². The number of nitrogens with zero attached hydrogens (tertiary/aromatic N) is 1. The summed E-state index contributed by atoms with van der Waals surface area (Å²) in [4.78, 5) is 14.6. The van der Waals surface area contributed by atoms with E-state index in [1.54, 1.807) is 18.2 Å². The summed E-state index contributed by atoms with van der Waals surface area (Å²) in [5, 5.41) is 1.23. The molecule has 0 unspecified atom stereocenters. The van der Waals surface area contributed by atoms with Crippen LogP contribution in [-0.2, 0) is 4.79 Å². The highest BCUT2D eigenvalue weighted by Crippen LogP contribution is 2.27.